The third kappa shape index (κ3) is 3.54. The molecule has 1 unspecified atom stereocenters. The van der Waals surface area contributed by atoms with Crippen molar-refractivity contribution < 1.29 is 4.79 Å². The number of amides is 1. The molecule has 0 aliphatic carbocycles. The number of halogens is 1. The zero-order valence-electron chi connectivity index (χ0n) is 10.3. The van der Waals surface area contributed by atoms with Crippen molar-refractivity contribution >= 4 is 21.8 Å². The van der Waals surface area contributed by atoms with Gasteiger partial charge in [-0.15, -0.1) is 0 Å². The second-order valence-electron chi connectivity index (χ2n) is 4.08. The second-order valence-corrected chi connectivity index (χ2v) is 4.99. The van der Waals surface area contributed by atoms with Gasteiger partial charge in [-0.3, -0.25) is 9.59 Å². The minimum absolute atomic E-state index is 0.0245. The summed E-state index contributed by atoms with van der Waals surface area (Å²) in [6, 6.07) is 2.82. The molecule has 2 aromatic heterocycles. The number of nitrogens with one attached hydrogen (secondary N) is 2. The summed E-state index contributed by atoms with van der Waals surface area (Å²) in [5, 5.41) is 2.77. The Balaban J connectivity index is 2.02. The molecule has 2 heterocycles. The summed E-state index contributed by atoms with van der Waals surface area (Å²) in [5.74, 6) is 0.430. The molecule has 100 valence electrons. The summed E-state index contributed by atoms with van der Waals surface area (Å²) in [5.41, 5.74) is -0.219. The fraction of sp³-hybridized carbons (Fsp3) is 0.250. The van der Waals surface area contributed by atoms with Gasteiger partial charge < -0.3 is 14.9 Å². The molecular weight excluding hydrogens is 312 g/mol. The highest BCUT2D eigenvalue weighted by Gasteiger charge is 2.12. The van der Waals surface area contributed by atoms with Crippen LogP contribution < -0.4 is 10.9 Å². The largest absolute Gasteiger partial charge is 0.347 e. The van der Waals surface area contributed by atoms with Crippen molar-refractivity contribution in [1.82, 2.24) is 19.9 Å². The van der Waals surface area contributed by atoms with Gasteiger partial charge in [-0.1, -0.05) is 0 Å². The van der Waals surface area contributed by atoms with Gasteiger partial charge in [0.15, 0.2) is 0 Å². The highest BCUT2D eigenvalue weighted by Crippen LogP contribution is 2.06. The predicted molar refractivity (Wildman–Crippen MR) is 73.5 cm³/mol. The molecule has 2 aromatic rings. The van der Waals surface area contributed by atoms with Crippen LogP contribution in [0.5, 0.6) is 0 Å². The van der Waals surface area contributed by atoms with E-state index in [0.717, 1.165) is 4.47 Å². The Bertz CT molecular complexity index is 621. The van der Waals surface area contributed by atoms with Crippen LogP contribution >= 0.6 is 15.9 Å². The van der Waals surface area contributed by atoms with Crippen LogP contribution in [0.2, 0.25) is 0 Å². The van der Waals surface area contributed by atoms with E-state index in [9.17, 15) is 9.59 Å². The van der Waals surface area contributed by atoms with Gasteiger partial charge in [-0.2, -0.15) is 0 Å². The predicted octanol–water partition coefficient (Wildman–Crippen LogP) is 1.21. The quantitative estimate of drug-likeness (QED) is 0.887. The number of pyridine rings is 1. The molecule has 0 fully saturated rings. The summed E-state index contributed by atoms with van der Waals surface area (Å²) in [7, 11) is 0. The average molecular weight is 325 g/mol. The number of hydrogen-bond acceptors (Lipinski definition) is 3. The molecule has 0 radical (unpaired) electrons. The summed E-state index contributed by atoms with van der Waals surface area (Å²) in [6.45, 7) is 1.80. The van der Waals surface area contributed by atoms with Gasteiger partial charge in [0, 0.05) is 29.1 Å². The van der Waals surface area contributed by atoms with Gasteiger partial charge >= 0.3 is 0 Å². The smallest absolute Gasteiger partial charge is 0.251 e. The summed E-state index contributed by atoms with van der Waals surface area (Å²) in [6.07, 6.45) is 4.90. The first kappa shape index (κ1) is 13.5. The maximum absolute atomic E-state index is 11.9. The van der Waals surface area contributed by atoms with E-state index < -0.39 is 0 Å². The van der Waals surface area contributed by atoms with Gasteiger partial charge in [-0.25, -0.2) is 4.98 Å². The van der Waals surface area contributed by atoms with Crippen LogP contribution in [0, 0.1) is 0 Å². The van der Waals surface area contributed by atoms with Gasteiger partial charge in [0.05, 0.1) is 6.04 Å². The normalized spacial score (nSPS) is 12.1. The molecule has 0 bridgehead atoms. The number of aromatic nitrogens is 3. The van der Waals surface area contributed by atoms with Crippen molar-refractivity contribution in [2.75, 3.05) is 0 Å². The van der Waals surface area contributed by atoms with Crippen molar-refractivity contribution in [3.05, 3.63) is 51.4 Å². The Labute approximate surface area is 118 Å². The first-order valence-corrected chi connectivity index (χ1v) is 6.50. The van der Waals surface area contributed by atoms with Gasteiger partial charge in [-0.05, 0) is 28.9 Å². The molecule has 1 amide bonds. The molecule has 0 aromatic carbocycles. The number of H-pyrrole nitrogens is 1. The summed E-state index contributed by atoms with van der Waals surface area (Å²) in [4.78, 5) is 30.4. The highest BCUT2D eigenvalue weighted by molar-refractivity contribution is 9.10. The number of nitrogens with zero attached hydrogens (tertiary/aromatic N) is 2. The molecule has 7 heteroatoms. The molecule has 1 atom stereocenters. The Morgan fingerprint density at radius 2 is 2.37 bits per heavy atom. The molecule has 2 rings (SSSR count). The molecule has 0 aliphatic heterocycles. The van der Waals surface area contributed by atoms with E-state index in [4.69, 9.17) is 0 Å². The molecule has 6 nitrogen and oxygen atoms in total. The number of carbonyl (C=O) groups excluding carboxylic acids is 1. The topological polar surface area (TPSA) is 79.8 Å². The van der Waals surface area contributed by atoms with Gasteiger partial charge in [0.25, 0.3) is 5.56 Å². The van der Waals surface area contributed by atoms with Crippen molar-refractivity contribution in [1.29, 1.82) is 0 Å². The first-order valence-electron chi connectivity index (χ1n) is 5.71. The van der Waals surface area contributed by atoms with Crippen LogP contribution in [-0.2, 0) is 11.3 Å². The second kappa shape index (κ2) is 5.83. The fourth-order valence-electron chi connectivity index (χ4n) is 1.65. The Morgan fingerprint density at radius 3 is 3.05 bits per heavy atom. The zero-order chi connectivity index (χ0) is 13.8. The third-order valence-corrected chi connectivity index (χ3v) is 3.04. The van der Waals surface area contributed by atoms with E-state index in [-0.39, 0.29) is 24.1 Å². The monoisotopic (exact) mass is 324 g/mol. The Morgan fingerprint density at radius 1 is 1.58 bits per heavy atom. The molecule has 19 heavy (non-hydrogen) atoms. The lowest BCUT2D eigenvalue weighted by atomic mass is 10.3. The minimum Gasteiger partial charge on any atom is -0.347 e. The first-order chi connectivity index (χ1) is 9.06. The summed E-state index contributed by atoms with van der Waals surface area (Å²) < 4.78 is 2.09. The molecular formula is C12H13BrN4O2. The van der Waals surface area contributed by atoms with Crippen LogP contribution in [-0.4, -0.2) is 20.4 Å². The number of imidazole rings is 1. The van der Waals surface area contributed by atoms with E-state index in [1.165, 1.54) is 10.6 Å². The van der Waals surface area contributed by atoms with Crippen molar-refractivity contribution in [3.63, 3.8) is 0 Å². The maximum atomic E-state index is 11.9. The molecule has 0 spiro atoms. The van der Waals surface area contributed by atoms with Crippen molar-refractivity contribution in [2.24, 2.45) is 0 Å². The van der Waals surface area contributed by atoms with Crippen LogP contribution in [0.4, 0.5) is 0 Å². The van der Waals surface area contributed by atoms with Crippen LogP contribution in [0.25, 0.3) is 0 Å². The molecule has 0 aliphatic rings. The van der Waals surface area contributed by atoms with Crippen molar-refractivity contribution in [2.45, 2.75) is 19.5 Å². The number of hydrogen-bond donors (Lipinski definition) is 2. The van der Waals surface area contributed by atoms with Crippen LogP contribution in [0.15, 0.2) is 40.0 Å². The Hall–Kier alpha value is -1.89. The lowest BCUT2D eigenvalue weighted by molar-refractivity contribution is -0.122. The number of rotatable bonds is 4. The zero-order valence-corrected chi connectivity index (χ0v) is 11.8. The van der Waals surface area contributed by atoms with Gasteiger partial charge in [0.2, 0.25) is 5.91 Å². The lowest BCUT2D eigenvalue weighted by Gasteiger charge is -2.12. The fourth-order valence-corrected chi connectivity index (χ4v) is 2.03. The SMILES string of the molecule is CC(NC(=O)Cn1cc(Br)ccc1=O)c1ncc[nH]1. The van der Waals surface area contributed by atoms with E-state index in [1.807, 2.05) is 6.92 Å². The molecule has 0 saturated heterocycles. The highest BCUT2D eigenvalue weighted by atomic mass is 79.9. The van der Waals surface area contributed by atoms with Crippen LogP contribution in [0.1, 0.15) is 18.8 Å². The van der Waals surface area contributed by atoms with Crippen molar-refractivity contribution in [3.8, 4) is 0 Å². The minimum atomic E-state index is -0.246. The lowest BCUT2D eigenvalue weighted by Crippen LogP contribution is -2.33. The molecule has 0 saturated carbocycles. The summed E-state index contributed by atoms with van der Waals surface area (Å²) >= 11 is 3.26. The third-order valence-electron chi connectivity index (χ3n) is 2.57. The Kier molecular flexibility index (Phi) is 4.16. The molecule has 2 N–H and O–H groups in total. The van der Waals surface area contributed by atoms with E-state index in [0.29, 0.717) is 5.82 Å². The number of carbonyl (C=O) groups is 1. The van der Waals surface area contributed by atoms with E-state index >= 15 is 0 Å². The average Bonchev–Trinajstić information content (AvgIpc) is 2.87. The van der Waals surface area contributed by atoms with Gasteiger partial charge in [0.1, 0.15) is 12.4 Å². The maximum Gasteiger partial charge on any atom is 0.251 e. The standard InChI is InChI=1S/C12H13BrN4O2/c1-8(12-14-4-5-15-12)16-10(18)7-17-6-9(13)2-3-11(17)19/h2-6,8H,7H2,1H3,(H,14,15)(H,16,18). The van der Waals surface area contributed by atoms with E-state index in [1.54, 1.807) is 24.7 Å². The van der Waals surface area contributed by atoms with E-state index in [2.05, 4.69) is 31.2 Å². The van der Waals surface area contributed by atoms with Crippen LogP contribution in [0.3, 0.4) is 0 Å². The number of aromatic amines is 1.